The fraction of sp³-hybridized carbons (Fsp3) is 0.143. The first-order valence-electron chi connectivity index (χ1n) is 6.31. The quantitative estimate of drug-likeness (QED) is 0.682. The molecule has 0 bridgehead atoms. The molecule has 21 heavy (non-hydrogen) atoms. The Labute approximate surface area is 128 Å². The molecule has 0 aliphatic rings. The lowest BCUT2D eigenvalue weighted by Gasteiger charge is -2.05. The van der Waals surface area contributed by atoms with Crippen molar-refractivity contribution in [3.63, 3.8) is 0 Å². The number of ether oxygens (including phenoxy) is 1. The number of nitrogens with zero attached hydrogens (tertiary/aromatic N) is 4. The second kappa shape index (κ2) is 5.61. The summed E-state index contributed by atoms with van der Waals surface area (Å²) in [5, 5.41) is 4.20. The van der Waals surface area contributed by atoms with Gasteiger partial charge < -0.3 is 4.74 Å². The van der Waals surface area contributed by atoms with Crippen LogP contribution in [-0.4, -0.2) is 32.3 Å². The molecule has 0 N–H and O–H groups in total. The summed E-state index contributed by atoms with van der Waals surface area (Å²) >= 11 is 3.37. The van der Waals surface area contributed by atoms with Gasteiger partial charge in [-0.05, 0) is 35.0 Å². The Bertz CT molecular complexity index is 816. The van der Waals surface area contributed by atoms with E-state index < -0.39 is 5.97 Å². The standard InChI is InChI=1S/C14H11BrN4O2/c1-2-21-14(20)9-6-18-19(8-9)12-3-4-16-11-5-10(15)7-17-13(11)12/h3-8H,2H2,1H3. The Morgan fingerprint density at radius 3 is 3.05 bits per heavy atom. The summed E-state index contributed by atoms with van der Waals surface area (Å²) < 4.78 is 7.40. The predicted octanol–water partition coefficient (Wildman–Crippen LogP) is 2.75. The first kappa shape index (κ1) is 13.7. The van der Waals surface area contributed by atoms with Gasteiger partial charge in [-0.15, -0.1) is 0 Å². The van der Waals surface area contributed by atoms with Crippen molar-refractivity contribution in [3.05, 3.63) is 47.0 Å². The number of aromatic nitrogens is 4. The highest BCUT2D eigenvalue weighted by Crippen LogP contribution is 2.21. The van der Waals surface area contributed by atoms with Crippen LogP contribution in [0.1, 0.15) is 17.3 Å². The molecule has 0 amide bonds. The predicted molar refractivity (Wildman–Crippen MR) is 80.3 cm³/mol. The highest BCUT2D eigenvalue weighted by atomic mass is 79.9. The fourth-order valence-corrected chi connectivity index (χ4v) is 2.27. The van der Waals surface area contributed by atoms with Crippen LogP contribution in [0.2, 0.25) is 0 Å². The number of carbonyl (C=O) groups is 1. The minimum Gasteiger partial charge on any atom is -0.462 e. The molecule has 0 atom stereocenters. The van der Waals surface area contributed by atoms with Gasteiger partial charge in [-0.1, -0.05) is 0 Å². The normalized spacial score (nSPS) is 10.8. The fourth-order valence-electron chi connectivity index (χ4n) is 1.95. The Kier molecular flexibility index (Phi) is 3.66. The van der Waals surface area contributed by atoms with Gasteiger partial charge in [0.2, 0.25) is 0 Å². The third kappa shape index (κ3) is 2.64. The maximum Gasteiger partial charge on any atom is 0.341 e. The molecule has 0 fully saturated rings. The highest BCUT2D eigenvalue weighted by molar-refractivity contribution is 9.10. The molecular formula is C14H11BrN4O2. The van der Waals surface area contributed by atoms with E-state index in [4.69, 9.17) is 4.74 Å². The first-order valence-corrected chi connectivity index (χ1v) is 7.11. The lowest BCUT2D eigenvalue weighted by Crippen LogP contribution is -2.03. The van der Waals surface area contributed by atoms with Crippen molar-refractivity contribution in [1.29, 1.82) is 0 Å². The van der Waals surface area contributed by atoms with Crippen LogP contribution in [0, 0.1) is 0 Å². The van der Waals surface area contributed by atoms with Crippen LogP contribution in [0.5, 0.6) is 0 Å². The molecule has 3 aromatic rings. The summed E-state index contributed by atoms with van der Waals surface area (Å²) in [6.45, 7) is 2.10. The molecule has 0 radical (unpaired) electrons. The van der Waals surface area contributed by atoms with Crippen molar-refractivity contribution in [1.82, 2.24) is 19.7 Å². The van der Waals surface area contributed by atoms with E-state index in [0.717, 1.165) is 15.7 Å². The lowest BCUT2D eigenvalue weighted by molar-refractivity contribution is 0.0526. The zero-order valence-electron chi connectivity index (χ0n) is 11.2. The number of esters is 1. The average molecular weight is 347 g/mol. The van der Waals surface area contributed by atoms with Crippen LogP contribution in [-0.2, 0) is 4.74 Å². The largest absolute Gasteiger partial charge is 0.462 e. The Hall–Kier alpha value is -2.28. The molecule has 6 nitrogen and oxygen atoms in total. The van der Waals surface area contributed by atoms with Crippen LogP contribution in [0.25, 0.3) is 16.7 Å². The molecule has 7 heteroatoms. The second-order valence-electron chi connectivity index (χ2n) is 4.25. The number of rotatable bonds is 3. The summed E-state index contributed by atoms with van der Waals surface area (Å²) in [4.78, 5) is 20.3. The van der Waals surface area contributed by atoms with E-state index in [-0.39, 0.29) is 0 Å². The van der Waals surface area contributed by atoms with Crippen LogP contribution in [0.15, 0.2) is 41.4 Å². The molecule has 0 aromatic carbocycles. The van der Waals surface area contributed by atoms with Crippen molar-refractivity contribution >= 4 is 32.9 Å². The van der Waals surface area contributed by atoms with E-state index in [0.29, 0.717) is 17.7 Å². The van der Waals surface area contributed by atoms with Crippen molar-refractivity contribution in [2.45, 2.75) is 6.92 Å². The molecule has 3 heterocycles. The van der Waals surface area contributed by atoms with Crippen LogP contribution >= 0.6 is 15.9 Å². The molecule has 3 aromatic heterocycles. The van der Waals surface area contributed by atoms with Gasteiger partial charge in [-0.25, -0.2) is 9.48 Å². The van der Waals surface area contributed by atoms with Crippen LogP contribution in [0.3, 0.4) is 0 Å². The minimum absolute atomic E-state index is 0.331. The summed E-state index contributed by atoms with van der Waals surface area (Å²) in [7, 11) is 0. The van der Waals surface area contributed by atoms with E-state index in [2.05, 4.69) is 31.0 Å². The number of pyridine rings is 2. The van der Waals surface area contributed by atoms with Crippen molar-refractivity contribution in [3.8, 4) is 5.69 Å². The van der Waals surface area contributed by atoms with Gasteiger partial charge in [0, 0.05) is 23.1 Å². The molecule has 0 aliphatic carbocycles. The molecule has 0 saturated heterocycles. The SMILES string of the molecule is CCOC(=O)c1cnn(-c2ccnc3cc(Br)cnc23)c1. The van der Waals surface area contributed by atoms with Gasteiger partial charge in [0.25, 0.3) is 0 Å². The summed E-state index contributed by atoms with van der Waals surface area (Å²) in [5.74, 6) is -0.391. The summed E-state index contributed by atoms with van der Waals surface area (Å²) in [6.07, 6.45) is 6.47. The smallest absolute Gasteiger partial charge is 0.341 e. The monoisotopic (exact) mass is 346 g/mol. The third-order valence-corrected chi connectivity index (χ3v) is 3.30. The topological polar surface area (TPSA) is 69.9 Å². The molecular weight excluding hydrogens is 336 g/mol. The summed E-state index contributed by atoms with van der Waals surface area (Å²) in [6, 6.07) is 3.67. The van der Waals surface area contributed by atoms with Crippen LogP contribution in [0.4, 0.5) is 0 Å². The van der Waals surface area contributed by atoms with Gasteiger partial charge in [-0.2, -0.15) is 5.10 Å². The van der Waals surface area contributed by atoms with Crippen molar-refractivity contribution < 1.29 is 9.53 Å². The average Bonchev–Trinajstić information content (AvgIpc) is 2.96. The number of halogens is 1. The van der Waals surface area contributed by atoms with Crippen molar-refractivity contribution in [2.75, 3.05) is 6.61 Å². The van der Waals surface area contributed by atoms with E-state index in [1.807, 2.05) is 6.07 Å². The zero-order chi connectivity index (χ0) is 14.8. The maximum absolute atomic E-state index is 11.7. The lowest BCUT2D eigenvalue weighted by atomic mass is 10.3. The van der Waals surface area contributed by atoms with E-state index >= 15 is 0 Å². The van der Waals surface area contributed by atoms with Crippen LogP contribution < -0.4 is 0 Å². The summed E-state index contributed by atoms with van der Waals surface area (Å²) in [5.41, 5.74) is 2.61. The van der Waals surface area contributed by atoms with E-state index in [9.17, 15) is 4.79 Å². The number of hydrogen-bond donors (Lipinski definition) is 0. The molecule has 106 valence electrons. The molecule has 3 rings (SSSR count). The Balaban J connectivity index is 2.07. The molecule has 0 spiro atoms. The number of fused-ring (bicyclic) bond motifs is 1. The first-order chi connectivity index (χ1) is 10.2. The third-order valence-electron chi connectivity index (χ3n) is 2.86. The molecule has 0 aliphatic heterocycles. The minimum atomic E-state index is -0.391. The van der Waals surface area contributed by atoms with E-state index in [1.165, 1.54) is 6.20 Å². The second-order valence-corrected chi connectivity index (χ2v) is 5.16. The van der Waals surface area contributed by atoms with Crippen molar-refractivity contribution in [2.24, 2.45) is 0 Å². The Morgan fingerprint density at radius 2 is 2.24 bits per heavy atom. The van der Waals surface area contributed by atoms with E-state index in [1.54, 1.807) is 36.3 Å². The van der Waals surface area contributed by atoms with Gasteiger partial charge in [-0.3, -0.25) is 9.97 Å². The van der Waals surface area contributed by atoms with Gasteiger partial charge in [0.1, 0.15) is 5.52 Å². The van der Waals surface area contributed by atoms with Gasteiger partial charge in [0.15, 0.2) is 0 Å². The highest BCUT2D eigenvalue weighted by Gasteiger charge is 2.12. The maximum atomic E-state index is 11.7. The van der Waals surface area contributed by atoms with Gasteiger partial charge in [0.05, 0.1) is 29.6 Å². The van der Waals surface area contributed by atoms with Gasteiger partial charge >= 0.3 is 5.97 Å². The number of carbonyl (C=O) groups excluding carboxylic acids is 1. The molecule has 0 unspecified atom stereocenters. The Morgan fingerprint density at radius 1 is 1.38 bits per heavy atom. The zero-order valence-corrected chi connectivity index (χ0v) is 12.7. The number of hydrogen-bond acceptors (Lipinski definition) is 5. The molecule has 0 saturated carbocycles.